The van der Waals surface area contributed by atoms with Gasteiger partial charge in [-0.1, -0.05) is 37.6 Å². The average Bonchev–Trinajstić information content (AvgIpc) is 2.45. The summed E-state index contributed by atoms with van der Waals surface area (Å²) in [4.78, 5) is 4.29. The zero-order chi connectivity index (χ0) is 17.3. The van der Waals surface area contributed by atoms with E-state index < -0.39 is 10.0 Å². The number of hydrogen-bond donors (Lipinski definition) is 3. The molecule has 23 heavy (non-hydrogen) atoms. The molecule has 0 aliphatic carbocycles. The molecule has 0 radical (unpaired) electrons. The van der Waals surface area contributed by atoms with Gasteiger partial charge in [-0.15, -0.1) is 0 Å². The third kappa shape index (κ3) is 7.99. The van der Waals surface area contributed by atoms with Crippen LogP contribution in [-0.4, -0.2) is 27.0 Å². The van der Waals surface area contributed by atoms with Crippen molar-refractivity contribution in [3.8, 4) is 0 Å². The van der Waals surface area contributed by atoms with E-state index in [-0.39, 0.29) is 11.8 Å². The molecule has 0 aromatic heterocycles. The van der Waals surface area contributed by atoms with E-state index in [9.17, 15) is 8.42 Å². The van der Waals surface area contributed by atoms with Gasteiger partial charge >= 0.3 is 0 Å². The Labute approximate surface area is 139 Å². The molecule has 130 valence electrons. The van der Waals surface area contributed by atoms with Gasteiger partial charge in [0.05, 0.1) is 12.3 Å². The number of rotatable bonds is 9. The van der Waals surface area contributed by atoms with Gasteiger partial charge in [-0.05, 0) is 31.4 Å². The van der Waals surface area contributed by atoms with Gasteiger partial charge < -0.3 is 11.1 Å². The van der Waals surface area contributed by atoms with E-state index in [2.05, 4.69) is 22.0 Å². The van der Waals surface area contributed by atoms with Gasteiger partial charge in [0.1, 0.15) is 0 Å². The first kappa shape index (κ1) is 19.4. The number of unbranched alkanes of at least 4 members (excludes halogenated alkanes) is 1. The zero-order valence-electron chi connectivity index (χ0n) is 14.2. The van der Waals surface area contributed by atoms with Gasteiger partial charge in [-0.2, -0.15) is 0 Å². The third-order valence-corrected chi connectivity index (χ3v) is 4.66. The lowest BCUT2D eigenvalue weighted by atomic mass is 10.1. The van der Waals surface area contributed by atoms with E-state index >= 15 is 0 Å². The molecule has 0 aliphatic heterocycles. The van der Waals surface area contributed by atoms with Crippen molar-refractivity contribution >= 4 is 16.0 Å². The molecule has 6 nitrogen and oxygen atoms in total. The highest BCUT2D eigenvalue weighted by molar-refractivity contribution is 7.88. The van der Waals surface area contributed by atoms with Crippen LogP contribution in [0, 0.1) is 0 Å². The topological polar surface area (TPSA) is 96.6 Å². The van der Waals surface area contributed by atoms with Gasteiger partial charge in [-0.25, -0.2) is 18.1 Å². The minimum atomic E-state index is -3.36. The van der Waals surface area contributed by atoms with Gasteiger partial charge in [0.15, 0.2) is 5.96 Å². The largest absolute Gasteiger partial charge is 0.370 e. The highest BCUT2D eigenvalue weighted by Crippen LogP contribution is 2.13. The van der Waals surface area contributed by atoms with E-state index in [0.29, 0.717) is 12.5 Å². The Hall–Kier alpha value is -1.60. The number of nitrogens with zero attached hydrogens (tertiary/aromatic N) is 1. The summed E-state index contributed by atoms with van der Waals surface area (Å²) >= 11 is 0. The molecule has 0 amide bonds. The van der Waals surface area contributed by atoms with Crippen LogP contribution in [0.4, 0.5) is 0 Å². The van der Waals surface area contributed by atoms with Crippen LogP contribution in [-0.2, 0) is 22.3 Å². The van der Waals surface area contributed by atoms with Crippen molar-refractivity contribution in [3.05, 3.63) is 35.4 Å². The van der Waals surface area contributed by atoms with Crippen molar-refractivity contribution in [1.82, 2.24) is 10.0 Å². The Morgan fingerprint density at radius 1 is 1.26 bits per heavy atom. The molecule has 0 atom stereocenters. The Bertz CT molecular complexity index is 612. The summed E-state index contributed by atoms with van der Waals surface area (Å²) in [6.45, 7) is 6.86. The molecule has 0 fully saturated rings. The Balaban J connectivity index is 2.76. The van der Waals surface area contributed by atoms with Crippen molar-refractivity contribution < 1.29 is 8.42 Å². The summed E-state index contributed by atoms with van der Waals surface area (Å²) < 4.78 is 26.8. The van der Waals surface area contributed by atoms with E-state index in [1.165, 1.54) is 0 Å². The normalized spacial score (nSPS) is 12.6. The number of nitrogens with one attached hydrogen (secondary N) is 2. The van der Waals surface area contributed by atoms with Crippen molar-refractivity contribution in [3.63, 3.8) is 0 Å². The van der Waals surface area contributed by atoms with Crippen LogP contribution in [0.1, 0.15) is 44.7 Å². The van der Waals surface area contributed by atoms with Crippen LogP contribution in [0.15, 0.2) is 29.3 Å². The molecule has 1 aromatic carbocycles. The number of sulfonamides is 1. The van der Waals surface area contributed by atoms with E-state index in [1.807, 2.05) is 24.3 Å². The van der Waals surface area contributed by atoms with Gasteiger partial charge in [0.2, 0.25) is 10.0 Å². The number of guanidine groups is 1. The van der Waals surface area contributed by atoms with E-state index in [0.717, 1.165) is 30.5 Å². The molecule has 4 N–H and O–H groups in total. The number of nitrogens with two attached hydrogens (primary N) is 1. The molecule has 1 rings (SSSR count). The maximum atomic E-state index is 12.1. The maximum absolute atomic E-state index is 12.1. The number of hydrogen-bond acceptors (Lipinski definition) is 3. The maximum Gasteiger partial charge on any atom is 0.216 e. The lowest BCUT2D eigenvalue weighted by molar-refractivity contribution is 0.569. The highest BCUT2D eigenvalue weighted by atomic mass is 32.2. The second-order valence-electron chi connectivity index (χ2n) is 5.78. The van der Waals surface area contributed by atoms with E-state index in [1.54, 1.807) is 13.8 Å². The molecule has 0 saturated carbocycles. The fourth-order valence-electron chi connectivity index (χ4n) is 2.08. The van der Waals surface area contributed by atoms with Crippen LogP contribution in [0.2, 0.25) is 0 Å². The summed E-state index contributed by atoms with van der Waals surface area (Å²) in [6, 6.07) is 7.27. The fraction of sp³-hybridized carbons (Fsp3) is 0.562. The van der Waals surface area contributed by atoms with Crippen molar-refractivity contribution in [1.29, 1.82) is 0 Å². The van der Waals surface area contributed by atoms with Crippen molar-refractivity contribution in [2.75, 3.05) is 6.54 Å². The minimum absolute atomic E-state index is 0.0555. The summed E-state index contributed by atoms with van der Waals surface area (Å²) in [5.74, 6) is 0.330. The molecule has 0 heterocycles. The number of aliphatic imine (C=N–C) groups is 1. The molecular formula is C16H28N4O2S. The molecular weight excluding hydrogens is 312 g/mol. The molecule has 0 aliphatic rings. The van der Waals surface area contributed by atoms with Gasteiger partial charge in [-0.3, -0.25) is 0 Å². The van der Waals surface area contributed by atoms with Crippen molar-refractivity contribution in [2.24, 2.45) is 10.7 Å². The second kappa shape index (κ2) is 9.52. The van der Waals surface area contributed by atoms with Crippen LogP contribution in [0.25, 0.3) is 0 Å². The standard InChI is InChI=1S/C16H28N4O2S/c1-4-5-10-18-16(17)19-11-14-8-6-7-9-15(14)12-23(21,22)20-13(2)3/h6-9,13,20H,4-5,10-12H2,1-3H3,(H3,17,18,19). The smallest absolute Gasteiger partial charge is 0.216 e. The molecule has 7 heteroatoms. The lowest BCUT2D eigenvalue weighted by Gasteiger charge is -2.12. The molecule has 0 bridgehead atoms. The Morgan fingerprint density at radius 3 is 2.52 bits per heavy atom. The van der Waals surface area contributed by atoms with Crippen LogP contribution in [0.3, 0.4) is 0 Å². The second-order valence-corrected chi connectivity index (χ2v) is 7.54. The minimum Gasteiger partial charge on any atom is -0.370 e. The fourth-order valence-corrected chi connectivity index (χ4v) is 3.57. The van der Waals surface area contributed by atoms with Crippen LogP contribution >= 0.6 is 0 Å². The molecule has 0 unspecified atom stereocenters. The summed E-state index contributed by atoms with van der Waals surface area (Å²) in [7, 11) is -3.36. The first-order valence-electron chi connectivity index (χ1n) is 7.94. The monoisotopic (exact) mass is 340 g/mol. The molecule has 0 saturated heterocycles. The zero-order valence-corrected chi connectivity index (χ0v) is 15.0. The average molecular weight is 340 g/mol. The first-order chi connectivity index (χ1) is 10.8. The Kier molecular flexibility index (Phi) is 8.05. The SMILES string of the molecule is CCCCNC(N)=NCc1ccccc1CS(=O)(=O)NC(C)C. The predicted octanol–water partition coefficient (Wildman–Crippen LogP) is 1.72. The third-order valence-electron chi connectivity index (χ3n) is 3.14. The highest BCUT2D eigenvalue weighted by Gasteiger charge is 2.15. The lowest BCUT2D eigenvalue weighted by Crippen LogP contribution is -2.32. The quantitative estimate of drug-likeness (QED) is 0.362. The number of benzene rings is 1. The van der Waals surface area contributed by atoms with Gasteiger partial charge in [0.25, 0.3) is 0 Å². The Morgan fingerprint density at radius 2 is 1.91 bits per heavy atom. The predicted molar refractivity (Wildman–Crippen MR) is 95.6 cm³/mol. The van der Waals surface area contributed by atoms with Crippen LogP contribution < -0.4 is 15.8 Å². The molecule has 1 aromatic rings. The van der Waals surface area contributed by atoms with E-state index in [4.69, 9.17) is 5.73 Å². The molecule has 0 spiro atoms. The van der Waals surface area contributed by atoms with Crippen LogP contribution in [0.5, 0.6) is 0 Å². The summed E-state index contributed by atoms with van der Waals surface area (Å²) in [5.41, 5.74) is 7.42. The summed E-state index contributed by atoms with van der Waals surface area (Å²) in [5, 5.41) is 3.04. The van der Waals surface area contributed by atoms with Crippen molar-refractivity contribution in [2.45, 2.75) is 52.0 Å². The summed E-state index contributed by atoms with van der Waals surface area (Å²) in [6.07, 6.45) is 2.12. The van der Waals surface area contributed by atoms with Gasteiger partial charge in [0, 0.05) is 12.6 Å². The first-order valence-corrected chi connectivity index (χ1v) is 9.60.